The highest BCUT2D eigenvalue weighted by Gasteiger charge is 2.25. The van der Waals surface area contributed by atoms with E-state index in [9.17, 15) is 4.79 Å². The van der Waals surface area contributed by atoms with Gasteiger partial charge >= 0.3 is 0 Å². The molecule has 134 valence electrons. The molecule has 0 radical (unpaired) electrons. The Morgan fingerprint density at radius 3 is 2.81 bits per heavy atom. The van der Waals surface area contributed by atoms with Crippen molar-refractivity contribution in [1.82, 2.24) is 20.5 Å². The number of amides is 1. The lowest BCUT2D eigenvalue weighted by molar-refractivity contribution is 0.0885. The molecule has 0 bridgehead atoms. The summed E-state index contributed by atoms with van der Waals surface area (Å²) in [6.45, 7) is 0. The molecule has 0 atom stereocenters. The molecular weight excluding hydrogens is 332 g/mol. The molecule has 3 aromatic rings. The number of rotatable bonds is 5. The first kappa shape index (κ1) is 16.4. The zero-order valence-electron chi connectivity index (χ0n) is 14.2. The molecule has 7 heteroatoms. The highest BCUT2D eigenvalue weighted by Crippen LogP contribution is 2.23. The van der Waals surface area contributed by atoms with Crippen LogP contribution in [0, 0.1) is 0 Å². The standard InChI is InChI=1S/C19H20N4O3/c24-19(16-12-15(22-23-16)17-4-3-11-25-17)21-13-6-8-14(9-7-13)26-18-5-1-2-10-20-18/h1-5,10-14H,6-9H2,(H,21,24)(H,22,23). The lowest BCUT2D eigenvalue weighted by atomic mass is 9.93. The molecule has 1 aliphatic carbocycles. The van der Waals surface area contributed by atoms with Gasteiger partial charge in [0.25, 0.3) is 5.91 Å². The van der Waals surface area contributed by atoms with Crippen molar-refractivity contribution in [2.75, 3.05) is 0 Å². The Morgan fingerprint density at radius 2 is 2.08 bits per heavy atom. The number of hydrogen-bond donors (Lipinski definition) is 2. The summed E-state index contributed by atoms with van der Waals surface area (Å²) in [6, 6.07) is 11.1. The lowest BCUT2D eigenvalue weighted by Crippen LogP contribution is -2.39. The first-order chi connectivity index (χ1) is 12.8. The summed E-state index contributed by atoms with van der Waals surface area (Å²) in [6.07, 6.45) is 6.98. The van der Waals surface area contributed by atoms with E-state index in [1.807, 2.05) is 24.3 Å². The van der Waals surface area contributed by atoms with Gasteiger partial charge in [0.15, 0.2) is 11.5 Å². The SMILES string of the molecule is O=C(NC1CCC(Oc2ccccn2)CC1)c1cc(-c2ccco2)[nH]n1. The van der Waals surface area contributed by atoms with Crippen molar-refractivity contribution >= 4 is 5.91 Å². The van der Waals surface area contributed by atoms with Crippen molar-refractivity contribution < 1.29 is 13.9 Å². The maximum absolute atomic E-state index is 12.4. The molecule has 26 heavy (non-hydrogen) atoms. The zero-order valence-corrected chi connectivity index (χ0v) is 14.2. The number of ether oxygens (including phenoxy) is 1. The number of aromatic nitrogens is 3. The van der Waals surface area contributed by atoms with Gasteiger partial charge in [0, 0.05) is 24.4 Å². The van der Waals surface area contributed by atoms with Gasteiger partial charge in [-0.25, -0.2) is 4.98 Å². The van der Waals surface area contributed by atoms with Crippen molar-refractivity contribution in [2.24, 2.45) is 0 Å². The second kappa shape index (κ2) is 7.43. The van der Waals surface area contributed by atoms with Crippen LogP contribution in [0.25, 0.3) is 11.5 Å². The normalized spacial score (nSPS) is 19.8. The van der Waals surface area contributed by atoms with Crippen LogP contribution in [-0.2, 0) is 0 Å². The van der Waals surface area contributed by atoms with Crippen LogP contribution < -0.4 is 10.1 Å². The van der Waals surface area contributed by atoms with Crippen LogP contribution in [0.15, 0.2) is 53.3 Å². The highest BCUT2D eigenvalue weighted by molar-refractivity contribution is 5.93. The Morgan fingerprint density at radius 1 is 1.19 bits per heavy atom. The van der Waals surface area contributed by atoms with E-state index in [0.717, 1.165) is 25.7 Å². The van der Waals surface area contributed by atoms with E-state index in [4.69, 9.17) is 9.15 Å². The summed E-state index contributed by atoms with van der Waals surface area (Å²) in [4.78, 5) is 16.6. The number of carbonyl (C=O) groups is 1. The third-order valence-electron chi connectivity index (χ3n) is 4.53. The van der Waals surface area contributed by atoms with E-state index in [1.165, 1.54) is 0 Å². The van der Waals surface area contributed by atoms with E-state index in [-0.39, 0.29) is 18.1 Å². The smallest absolute Gasteiger partial charge is 0.272 e. The molecule has 1 fully saturated rings. The fourth-order valence-corrected chi connectivity index (χ4v) is 3.17. The molecule has 0 unspecified atom stereocenters. The Hall–Kier alpha value is -3.09. The zero-order chi connectivity index (χ0) is 17.8. The van der Waals surface area contributed by atoms with Crippen molar-refractivity contribution in [3.63, 3.8) is 0 Å². The van der Waals surface area contributed by atoms with Gasteiger partial charge in [0.2, 0.25) is 5.88 Å². The predicted molar refractivity (Wildman–Crippen MR) is 94.7 cm³/mol. The van der Waals surface area contributed by atoms with Gasteiger partial charge in [-0.3, -0.25) is 9.89 Å². The number of nitrogens with one attached hydrogen (secondary N) is 2. The van der Waals surface area contributed by atoms with Crippen LogP contribution in [0.5, 0.6) is 5.88 Å². The maximum Gasteiger partial charge on any atom is 0.272 e. The summed E-state index contributed by atoms with van der Waals surface area (Å²) in [5, 5.41) is 9.96. The number of nitrogens with zero attached hydrogens (tertiary/aromatic N) is 2. The molecule has 7 nitrogen and oxygen atoms in total. The van der Waals surface area contributed by atoms with Crippen LogP contribution in [0.4, 0.5) is 0 Å². The fourth-order valence-electron chi connectivity index (χ4n) is 3.17. The Balaban J connectivity index is 1.28. The molecule has 4 rings (SSSR count). The number of hydrogen-bond acceptors (Lipinski definition) is 5. The van der Waals surface area contributed by atoms with Crippen LogP contribution in [0.1, 0.15) is 36.2 Å². The molecule has 1 amide bonds. The second-order valence-electron chi connectivity index (χ2n) is 6.38. The average molecular weight is 352 g/mol. The van der Waals surface area contributed by atoms with E-state index < -0.39 is 0 Å². The third-order valence-corrected chi connectivity index (χ3v) is 4.53. The van der Waals surface area contributed by atoms with Gasteiger partial charge in [0.1, 0.15) is 11.8 Å². The topological polar surface area (TPSA) is 93.0 Å². The molecule has 1 aliphatic rings. The molecule has 1 saturated carbocycles. The number of furan rings is 1. The van der Waals surface area contributed by atoms with Gasteiger partial charge in [0.05, 0.1) is 6.26 Å². The molecule has 3 heterocycles. The highest BCUT2D eigenvalue weighted by atomic mass is 16.5. The maximum atomic E-state index is 12.4. The monoisotopic (exact) mass is 352 g/mol. The second-order valence-corrected chi connectivity index (χ2v) is 6.38. The first-order valence-corrected chi connectivity index (χ1v) is 8.76. The summed E-state index contributed by atoms with van der Waals surface area (Å²) in [5.74, 6) is 1.14. The van der Waals surface area contributed by atoms with E-state index in [0.29, 0.717) is 23.0 Å². The number of H-pyrrole nitrogens is 1. The largest absolute Gasteiger partial charge is 0.474 e. The number of carbonyl (C=O) groups excluding carboxylic acids is 1. The quantitative estimate of drug-likeness (QED) is 0.735. The molecule has 0 saturated heterocycles. The minimum atomic E-state index is -0.173. The number of pyridine rings is 1. The Labute approximate surface area is 150 Å². The van der Waals surface area contributed by atoms with Gasteiger partial charge in [-0.2, -0.15) is 5.10 Å². The lowest BCUT2D eigenvalue weighted by Gasteiger charge is -2.29. The first-order valence-electron chi connectivity index (χ1n) is 8.76. The third kappa shape index (κ3) is 3.77. The molecule has 0 spiro atoms. The molecule has 3 aromatic heterocycles. The minimum absolute atomic E-state index is 0.134. The van der Waals surface area contributed by atoms with Gasteiger partial charge in [-0.15, -0.1) is 0 Å². The van der Waals surface area contributed by atoms with Crippen molar-refractivity contribution in [3.05, 3.63) is 54.6 Å². The van der Waals surface area contributed by atoms with E-state index in [2.05, 4.69) is 20.5 Å². The van der Waals surface area contributed by atoms with Crippen molar-refractivity contribution in [3.8, 4) is 17.3 Å². The molecule has 0 aliphatic heterocycles. The molecule has 2 N–H and O–H groups in total. The van der Waals surface area contributed by atoms with Crippen LogP contribution >= 0.6 is 0 Å². The average Bonchev–Trinajstić information content (AvgIpc) is 3.36. The summed E-state index contributed by atoms with van der Waals surface area (Å²) < 4.78 is 11.2. The van der Waals surface area contributed by atoms with Gasteiger partial charge in [-0.1, -0.05) is 6.07 Å². The number of aromatic amines is 1. The summed E-state index contributed by atoms with van der Waals surface area (Å²) >= 11 is 0. The fraction of sp³-hybridized carbons (Fsp3) is 0.316. The van der Waals surface area contributed by atoms with Crippen LogP contribution in [-0.4, -0.2) is 33.2 Å². The minimum Gasteiger partial charge on any atom is -0.474 e. The Bertz CT molecular complexity index is 837. The van der Waals surface area contributed by atoms with E-state index in [1.54, 1.807) is 24.6 Å². The Kier molecular flexibility index (Phi) is 4.68. The summed E-state index contributed by atoms with van der Waals surface area (Å²) in [7, 11) is 0. The molecular formula is C19H20N4O3. The van der Waals surface area contributed by atoms with Gasteiger partial charge < -0.3 is 14.5 Å². The van der Waals surface area contributed by atoms with Gasteiger partial charge in [-0.05, 0) is 43.9 Å². The van der Waals surface area contributed by atoms with Crippen molar-refractivity contribution in [2.45, 2.75) is 37.8 Å². The van der Waals surface area contributed by atoms with Crippen LogP contribution in [0.2, 0.25) is 0 Å². The summed E-state index contributed by atoms with van der Waals surface area (Å²) in [5.41, 5.74) is 1.05. The molecule has 0 aromatic carbocycles. The van der Waals surface area contributed by atoms with Crippen LogP contribution in [0.3, 0.4) is 0 Å². The van der Waals surface area contributed by atoms with E-state index >= 15 is 0 Å². The predicted octanol–water partition coefficient (Wildman–Crippen LogP) is 3.18. The van der Waals surface area contributed by atoms with Crippen molar-refractivity contribution in [1.29, 1.82) is 0 Å².